The van der Waals surface area contributed by atoms with Crippen LogP contribution in [-0.4, -0.2) is 12.6 Å². The molecular weight excluding hydrogens is 378 g/mol. The Morgan fingerprint density at radius 3 is 1.85 bits per heavy atom. The smallest absolute Gasteiger partial charge is 0.239 e. The van der Waals surface area contributed by atoms with Crippen molar-refractivity contribution in [2.75, 3.05) is 0 Å². The lowest BCUT2D eigenvalue weighted by molar-refractivity contribution is 0.598. The van der Waals surface area contributed by atoms with Gasteiger partial charge in [-0.15, -0.1) is 0 Å². The fraction of sp³-hybridized carbons (Fsp3) is 0.333. The van der Waals surface area contributed by atoms with Crippen molar-refractivity contribution in [1.29, 1.82) is 0 Å². The maximum Gasteiger partial charge on any atom is 0.290 e. The maximum absolute atomic E-state index is 13.7. The Bertz CT molecular complexity index is 1030. The summed E-state index contributed by atoms with van der Waals surface area (Å²) in [4.78, 5) is 0.451. The Morgan fingerprint density at radius 2 is 1.37 bits per heavy atom. The number of aryl methyl sites for hydroxylation is 2. The van der Waals surface area contributed by atoms with E-state index in [-0.39, 0.29) is 4.90 Å². The van der Waals surface area contributed by atoms with Gasteiger partial charge in [-0.1, -0.05) is 58.1 Å². The summed E-state index contributed by atoms with van der Waals surface area (Å²) in [6, 6.07) is 13.4. The van der Waals surface area contributed by atoms with Gasteiger partial charge in [0.1, 0.15) is 9.73 Å². The standard InChI is InChI=1S/C21H27NO3S2/c1-5-6-7-19(4)16-26(23,20-12-8-17(2)9-13-20)22-27(24,25)21-14-10-18(3)11-15-21/h8-16H,5-7H2,1-4H3/b19-16+. The number of unbranched alkanes of at least 4 members (excludes halogenated alkanes) is 1. The van der Waals surface area contributed by atoms with Gasteiger partial charge < -0.3 is 0 Å². The van der Waals surface area contributed by atoms with Crippen molar-refractivity contribution in [3.63, 3.8) is 0 Å². The van der Waals surface area contributed by atoms with E-state index in [2.05, 4.69) is 10.7 Å². The Kier molecular flexibility index (Phi) is 7.00. The minimum absolute atomic E-state index is 0.0487. The lowest BCUT2D eigenvalue weighted by Gasteiger charge is -2.09. The third-order valence-corrected chi connectivity index (χ3v) is 8.38. The van der Waals surface area contributed by atoms with Crippen LogP contribution in [0.1, 0.15) is 44.2 Å². The Hall–Kier alpha value is -1.92. The Labute approximate surface area is 163 Å². The first-order valence-corrected chi connectivity index (χ1v) is 12.0. The van der Waals surface area contributed by atoms with Gasteiger partial charge in [-0.3, -0.25) is 0 Å². The van der Waals surface area contributed by atoms with Gasteiger partial charge in [0.05, 0.1) is 9.79 Å². The summed E-state index contributed by atoms with van der Waals surface area (Å²) >= 11 is 0. The molecule has 0 amide bonds. The molecule has 0 saturated heterocycles. The minimum atomic E-state index is -4.05. The fourth-order valence-electron chi connectivity index (χ4n) is 2.55. The number of sulfonamides is 1. The Balaban J connectivity index is 2.64. The van der Waals surface area contributed by atoms with Crippen molar-refractivity contribution in [3.05, 3.63) is 70.6 Å². The molecule has 2 rings (SSSR count). The molecule has 0 fully saturated rings. The number of hydrogen-bond acceptors (Lipinski definition) is 3. The van der Waals surface area contributed by atoms with Crippen molar-refractivity contribution < 1.29 is 12.6 Å². The largest absolute Gasteiger partial charge is 0.290 e. The van der Waals surface area contributed by atoms with Crippen LogP contribution in [0.3, 0.4) is 0 Å². The number of allylic oxidation sites excluding steroid dienone is 1. The van der Waals surface area contributed by atoms with Crippen LogP contribution in [0.2, 0.25) is 0 Å². The van der Waals surface area contributed by atoms with E-state index >= 15 is 0 Å². The second-order valence-corrected chi connectivity index (χ2v) is 10.7. The lowest BCUT2D eigenvalue weighted by Crippen LogP contribution is -2.05. The van der Waals surface area contributed by atoms with Crippen LogP contribution in [0.15, 0.2) is 73.1 Å². The summed E-state index contributed by atoms with van der Waals surface area (Å²) in [5.74, 6) is 0. The quantitative estimate of drug-likeness (QED) is 0.601. The van der Waals surface area contributed by atoms with E-state index in [0.717, 1.165) is 36.0 Å². The molecule has 27 heavy (non-hydrogen) atoms. The molecule has 0 aliphatic heterocycles. The zero-order valence-corrected chi connectivity index (χ0v) is 17.9. The number of benzene rings is 2. The molecule has 1 unspecified atom stereocenters. The maximum atomic E-state index is 13.7. The first kappa shape index (κ1) is 21.4. The van der Waals surface area contributed by atoms with Crippen LogP contribution in [0, 0.1) is 13.8 Å². The molecule has 1 atom stereocenters. The molecule has 2 aromatic rings. The Morgan fingerprint density at radius 1 is 0.889 bits per heavy atom. The normalized spacial score (nSPS) is 14.6. The highest BCUT2D eigenvalue weighted by molar-refractivity contribution is 8.05. The summed E-state index contributed by atoms with van der Waals surface area (Å²) in [5, 5.41) is 1.53. The monoisotopic (exact) mass is 405 g/mol. The second-order valence-electron chi connectivity index (χ2n) is 6.81. The van der Waals surface area contributed by atoms with Crippen molar-refractivity contribution >= 4 is 19.8 Å². The SMILES string of the molecule is CCCC/C(C)=C/S(=O)(=NS(=O)(=O)c1ccc(C)cc1)c1ccc(C)cc1. The third-order valence-electron chi connectivity index (χ3n) is 4.17. The minimum Gasteiger partial charge on any atom is -0.239 e. The van der Waals surface area contributed by atoms with Crippen LogP contribution < -0.4 is 0 Å². The predicted molar refractivity (Wildman–Crippen MR) is 112 cm³/mol. The summed E-state index contributed by atoms with van der Waals surface area (Å²) in [5.41, 5.74) is 2.84. The molecule has 0 heterocycles. The highest BCUT2D eigenvalue weighted by atomic mass is 32.3. The molecule has 2 aromatic carbocycles. The van der Waals surface area contributed by atoms with Crippen LogP contribution in [0.4, 0.5) is 0 Å². The van der Waals surface area contributed by atoms with E-state index in [1.54, 1.807) is 24.3 Å². The highest BCUT2D eigenvalue weighted by Gasteiger charge is 2.19. The van der Waals surface area contributed by atoms with Gasteiger partial charge in [0.2, 0.25) is 0 Å². The number of hydrogen-bond donors (Lipinski definition) is 0. The van der Waals surface area contributed by atoms with Crippen molar-refractivity contribution in [2.24, 2.45) is 3.77 Å². The van der Waals surface area contributed by atoms with Crippen molar-refractivity contribution in [3.8, 4) is 0 Å². The molecule has 0 aliphatic carbocycles. The molecule has 0 radical (unpaired) electrons. The van der Waals surface area contributed by atoms with E-state index in [1.807, 2.05) is 32.9 Å². The van der Waals surface area contributed by atoms with Gasteiger partial charge in [-0.25, -0.2) is 4.21 Å². The number of rotatable bonds is 7. The first-order valence-electron chi connectivity index (χ1n) is 9.00. The van der Waals surface area contributed by atoms with E-state index in [4.69, 9.17) is 0 Å². The third kappa shape index (κ3) is 5.78. The zero-order chi connectivity index (χ0) is 20.1. The van der Waals surface area contributed by atoms with E-state index in [0.29, 0.717) is 4.90 Å². The van der Waals surface area contributed by atoms with Gasteiger partial charge in [-0.05, 0) is 57.9 Å². The fourth-order valence-corrected chi connectivity index (χ4v) is 6.38. The summed E-state index contributed by atoms with van der Waals surface area (Å²) in [6.45, 7) is 7.76. The molecule has 6 heteroatoms. The predicted octanol–water partition coefficient (Wildman–Crippen LogP) is 5.61. The topological polar surface area (TPSA) is 63.6 Å². The molecule has 0 saturated carbocycles. The molecule has 0 aromatic heterocycles. The van der Waals surface area contributed by atoms with Crippen molar-refractivity contribution in [2.45, 2.75) is 56.7 Å². The molecular formula is C21H27NO3S2. The van der Waals surface area contributed by atoms with Crippen molar-refractivity contribution in [1.82, 2.24) is 0 Å². The van der Waals surface area contributed by atoms with Gasteiger partial charge in [0.15, 0.2) is 0 Å². The molecule has 0 spiro atoms. The van der Waals surface area contributed by atoms with Crippen LogP contribution in [0.5, 0.6) is 0 Å². The lowest BCUT2D eigenvalue weighted by atomic mass is 10.2. The van der Waals surface area contributed by atoms with Gasteiger partial charge in [0, 0.05) is 5.41 Å². The average molecular weight is 406 g/mol. The molecule has 146 valence electrons. The number of nitrogens with zero attached hydrogens (tertiary/aromatic N) is 1. The van der Waals surface area contributed by atoms with Gasteiger partial charge >= 0.3 is 0 Å². The summed E-state index contributed by atoms with van der Waals surface area (Å²) < 4.78 is 43.3. The van der Waals surface area contributed by atoms with E-state index in [1.165, 1.54) is 17.5 Å². The average Bonchev–Trinajstić information content (AvgIpc) is 2.60. The molecule has 0 N–H and O–H groups in total. The van der Waals surface area contributed by atoms with Gasteiger partial charge in [0.25, 0.3) is 10.0 Å². The summed E-state index contributed by atoms with van der Waals surface area (Å²) in [6.07, 6.45) is 2.73. The first-order chi connectivity index (χ1) is 12.7. The second kappa shape index (κ2) is 8.85. The van der Waals surface area contributed by atoms with E-state index < -0.39 is 19.8 Å². The van der Waals surface area contributed by atoms with Crippen LogP contribution in [-0.2, 0) is 19.8 Å². The molecule has 0 bridgehead atoms. The van der Waals surface area contributed by atoms with Crippen LogP contribution in [0.25, 0.3) is 0 Å². The van der Waals surface area contributed by atoms with E-state index in [9.17, 15) is 12.6 Å². The zero-order valence-electron chi connectivity index (χ0n) is 16.3. The molecule has 4 nitrogen and oxygen atoms in total. The highest BCUT2D eigenvalue weighted by Crippen LogP contribution is 2.24. The summed E-state index contributed by atoms with van der Waals surface area (Å²) in [7, 11) is -7.31. The van der Waals surface area contributed by atoms with Gasteiger partial charge in [-0.2, -0.15) is 8.42 Å². The van der Waals surface area contributed by atoms with Crippen LogP contribution >= 0.6 is 0 Å². The molecule has 0 aliphatic rings.